The van der Waals surface area contributed by atoms with Gasteiger partial charge in [0, 0.05) is 18.9 Å². The molecule has 0 fully saturated rings. The lowest BCUT2D eigenvalue weighted by Gasteiger charge is -2.05. The van der Waals surface area contributed by atoms with Gasteiger partial charge in [0.05, 0.1) is 0 Å². The SMILES string of the molecule is O=[N+]([O-])/C(=N\O)c1nccn1Cc1ccccc1. The van der Waals surface area contributed by atoms with E-state index >= 15 is 0 Å². The van der Waals surface area contributed by atoms with Crippen LogP contribution in [0.25, 0.3) is 0 Å². The van der Waals surface area contributed by atoms with E-state index in [2.05, 4.69) is 10.1 Å². The minimum atomic E-state index is -0.774. The summed E-state index contributed by atoms with van der Waals surface area (Å²) in [6.07, 6.45) is 3.02. The van der Waals surface area contributed by atoms with Gasteiger partial charge in [-0.05, 0) is 10.5 Å². The number of benzene rings is 1. The van der Waals surface area contributed by atoms with Gasteiger partial charge in [-0.1, -0.05) is 30.3 Å². The second-order valence-corrected chi connectivity index (χ2v) is 3.55. The third-order valence-corrected chi connectivity index (χ3v) is 2.38. The van der Waals surface area contributed by atoms with Gasteiger partial charge in [-0.15, -0.1) is 0 Å². The van der Waals surface area contributed by atoms with Crippen LogP contribution in [-0.4, -0.2) is 25.5 Å². The average molecular weight is 246 g/mol. The number of aromatic nitrogens is 2. The Kier molecular flexibility index (Phi) is 3.33. The van der Waals surface area contributed by atoms with E-state index in [1.807, 2.05) is 30.3 Å². The molecule has 0 atom stereocenters. The largest absolute Gasteiger partial charge is 0.452 e. The molecule has 2 aromatic rings. The monoisotopic (exact) mass is 246 g/mol. The molecule has 18 heavy (non-hydrogen) atoms. The Morgan fingerprint density at radius 2 is 2.17 bits per heavy atom. The van der Waals surface area contributed by atoms with Gasteiger partial charge >= 0.3 is 5.84 Å². The van der Waals surface area contributed by atoms with E-state index in [1.165, 1.54) is 6.20 Å². The minimum absolute atomic E-state index is 0.0198. The Labute approximate surface area is 102 Å². The van der Waals surface area contributed by atoms with Crippen molar-refractivity contribution in [2.75, 3.05) is 0 Å². The van der Waals surface area contributed by atoms with Crippen molar-refractivity contribution in [1.82, 2.24) is 9.55 Å². The van der Waals surface area contributed by atoms with Gasteiger partial charge in [-0.25, -0.2) is 4.98 Å². The lowest BCUT2D eigenvalue weighted by molar-refractivity contribution is -0.351. The average Bonchev–Trinajstić information content (AvgIpc) is 2.79. The second-order valence-electron chi connectivity index (χ2n) is 3.55. The first-order valence-corrected chi connectivity index (χ1v) is 5.14. The normalized spacial score (nSPS) is 11.4. The summed E-state index contributed by atoms with van der Waals surface area (Å²) in [5.41, 5.74) is 0.970. The zero-order valence-corrected chi connectivity index (χ0v) is 9.30. The fourth-order valence-electron chi connectivity index (χ4n) is 1.59. The Morgan fingerprint density at radius 1 is 1.44 bits per heavy atom. The zero-order chi connectivity index (χ0) is 13.0. The molecular weight excluding hydrogens is 236 g/mol. The quantitative estimate of drug-likeness (QED) is 0.291. The van der Waals surface area contributed by atoms with Crippen LogP contribution in [-0.2, 0) is 6.54 Å². The van der Waals surface area contributed by atoms with Crippen LogP contribution >= 0.6 is 0 Å². The predicted octanol–water partition coefficient (Wildman–Crippen LogP) is 1.34. The van der Waals surface area contributed by atoms with Gasteiger partial charge < -0.3 is 19.9 Å². The van der Waals surface area contributed by atoms with Gasteiger partial charge in [-0.3, -0.25) is 0 Å². The van der Waals surface area contributed by atoms with E-state index in [-0.39, 0.29) is 5.82 Å². The molecule has 0 spiro atoms. The third kappa shape index (κ3) is 2.34. The molecule has 0 amide bonds. The Morgan fingerprint density at radius 3 is 2.78 bits per heavy atom. The van der Waals surface area contributed by atoms with Crippen molar-refractivity contribution in [1.29, 1.82) is 0 Å². The summed E-state index contributed by atoms with van der Waals surface area (Å²) in [4.78, 5) is 13.8. The van der Waals surface area contributed by atoms with E-state index < -0.39 is 10.8 Å². The minimum Gasteiger partial charge on any atom is -0.358 e. The highest BCUT2D eigenvalue weighted by atomic mass is 16.6. The molecule has 92 valence electrons. The first kappa shape index (κ1) is 11.8. The standard InChI is InChI=1S/C11H10N4O3/c16-13-11(15(17)18)10-12-6-7-14(10)8-9-4-2-1-3-5-9/h1-7,16H,8H2/b13-11-. The molecule has 1 aromatic carbocycles. The highest BCUT2D eigenvalue weighted by Gasteiger charge is 2.22. The molecule has 1 heterocycles. The van der Waals surface area contributed by atoms with Crippen molar-refractivity contribution in [3.8, 4) is 0 Å². The van der Waals surface area contributed by atoms with Crippen molar-refractivity contribution in [3.05, 3.63) is 64.2 Å². The molecule has 0 radical (unpaired) electrons. The number of oxime groups is 1. The number of rotatable bonds is 3. The van der Waals surface area contributed by atoms with E-state index in [1.54, 1.807) is 10.8 Å². The number of nitrogens with zero attached hydrogens (tertiary/aromatic N) is 4. The number of nitro groups is 1. The van der Waals surface area contributed by atoms with Crippen molar-refractivity contribution in [2.45, 2.75) is 6.54 Å². The third-order valence-electron chi connectivity index (χ3n) is 2.38. The molecule has 0 saturated carbocycles. The van der Waals surface area contributed by atoms with Crippen LogP contribution in [0.4, 0.5) is 0 Å². The lowest BCUT2D eigenvalue weighted by atomic mass is 10.2. The topological polar surface area (TPSA) is 93.6 Å². The first-order chi connectivity index (χ1) is 8.72. The van der Waals surface area contributed by atoms with Gasteiger partial charge in [0.25, 0.3) is 0 Å². The van der Waals surface area contributed by atoms with Crippen LogP contribution in [0.2, 0.25) is 0 Å². The van der Waals surface area contributed by atoms with Crippen LogP contribution in [0, 0.1) is 10.1 Å². The Hall–Kier alpha value is -2.70. The number of imidazole rings is 1. The van der Waals surface area contributed by atoms with Crippen LogP contribution in [0.1, 0.15) is 11.4 Å². The van der Waals surface area contributed by atoms with Crippen LogP contribution in [0.3, 0.4) is 0 Å². The fraction of sp³-hybridized carbons (Fsp3) is 0.0909. The van der Waals surface area contributed by atoms with Crippen molar-refractivity contribution >= 4 is 5.84 Å². The number of hydrogen-bond donors (Lipinski definition) is 1. The number of hydrogen-bond acceptors (Lipinski definition) is 5. The number of amidine groups is 1. The van der Waals surface area contributed by atoms with Gasteiger partial charge in [0.2, 0.25) is 5.82 Å². The van der Waals surface area contributed by atoms with Crippen LogP contribution < -0.4 is 0 Å². The van der Waals surface area contributed by atoms with Gasteiger partial charge in [0.1, 0.15) is 0 Å². The van der Waals surface area contributed by atoms with Crippen molar-refractivity contribution in [3.63, 3.8) is 0 Å². The maximum absolute atomic E-state index is 10.7. The Bertz CT molecular complexity index is 577. The van der Waals surface area contributed by atoms with E-state index in [0.29, 0.717) is 6.54 Å². The molecule has 0 saturated heterocycles. The van der Waals surface area contributed by atoms with Gasteiger partial charge in [0.15, 0.2) is 5.16 Å². The molecular formula is C11H10N4O3. The van der Waals surface area contributed by atoms with Crippen molar-refractivity contribution in [2.24, 2.45) is 5.16 Å². The van der Waals surface area contributed by atoms with E-state index in [9.17, 15) is 10.1 Å². The maximum atomic E-state index is 10.7. The van der Waals surface area contributed by atoms with Crippen LogP contribution in [0.5, 0.6) is 0 Å². The molecule has 0 aliphatic carbocycles. The molecule has 7 nitrogen and oxygen atoms in total. The predicted molar refractivity (Wildman–Crippen MR) is 63.1 cm³/mol. The maximum Gasteiger partial charge on any atom is 0.452 e. The van der Waals surface area contributed by atoms with Gasteiger partial charge in [-0.2, -0.15) is 0 Å². The molecule has 0 aliphatic heterocycles. The van der Waals surface area contributed by atoms with Crippen molar-refractivity contribution < 1.29 is 10.1 Å². The molecule has 2 rings (SSSR count). The summed E-state index contributed by atoms with van der Waals surface area (Å²) in [7, 11) is 0. The fourth-order valence-corrected chi connectivity index (χ4v) is 1.59. The summed E-state index contributed by atoms with van der Waals surface area (Å²) in [5, 5.41) is 22.0. The summed E-state index contributed by atoms with van der Waals surface area (Å²) < 4.78 is 1.55. The summed E-state index contributed by atoms with van der Waals surface area (Å²) >= 11 is 0. The molecule has 0 unspecified atom stereocenters. The van der Waals surface area contributed by atoms with E-state index in [4.69, 9.17) is 5.21 Å². The summed E-state index contributed by atoms with van der Waals surface area (Å²) in [6.45, 7) is 0.420. The van der Waals surface area contributed by atoms with Crippen LogP contribution in [0.15, 0.2) is 47.9 Å². The molecule has 1 N–H and O–H groups in total. The smallest absolute Gasteiger partial charge is 0.358 e. The molecule has 0 bridgehead atoms. The summed E-state index contributed by atoms with van der Waals surface area (Å²) in [6, 6.07) is 9.42. The lowest BCUT2D eigenvalue weighted by Crippen LogP contribution is -2.19. The first-order valence-electron chi connectivity index (χ1n) is 5.14. The van der Waals surface area contributed by atoms with E-state index in [0.717, 1.165) is 5.56 Å². The molecule has 1 aromatic heterocycles. The zero-order valence-electron chi connectivity index (χ0n) is 9.30. The molecule has 0 aliphatic rings. The highest BCUT2D eigenvalue weighted by molar-refractivity contribution is 5.88. The highest BCUT2D eigenvalue weighted by Crippen LogP contribution is 2.06. The molecule has 7 heteroatoms. The second kappa shape index (κ2) is 5.09. The summed E-state index contributed by atoms with van der Waals surface area (Å²) in [5.74, 6) is -0.651. The Balaban J connectivity index is 2.31.